The number of amides is 1. The van der Waals surface area contributed by atoms with Crippen LogP contribution in [0, 0.1) is 22.0 Å². The SMILES string of the molecule is C[C@H](O[Si](C)(C)C)[C@@H]1C(=O)N2C(C(=O)O)=C(S/C=C\CN=[N+]=[N-])C(Cc3ccc([N+](=O)[O-])cc3)[C@@H]12. The van der Waals surface area contributed by atoms with Crippen LogP contribution in [-0.2, 0) is 20.4 Å². The third-order valence-electron chi connectivity index (χ3n) is 5.80. The lowest BCUT2D eigenvalue weighted by Crippen LogP contribution is -2.65. The van der Waals surface area contributed by atoms with Gasteiger partial charge in [0.2, 0.25) is 5.91 Å². The maximum absolute atomic E-state index is 13.2. The molecule has 13 heteroatoms. The van der Waals surface area contributed by atoms with Crippen LogP contribution in [0.2, 0.25) is 19.6 Å². The van der Waals surface area contributed by atoms with Gasteiger partial charge >= 0.3 is 5.97 Å². The first kappa shape index (κ1) is 26.5. The van der Waals surface area contributed by atoms with Gasteiger partial charge in [-0.15, -0.1) is 11.8 Å². The van der Waals surface area contributed by atoms with Gasteiger partial charge in [0.05, 0.1) is 23.0 Å². The van der Waals surface area contributed by atoms with Crippen molar-refractivity contribution in [3.8, 4) is 0 Å². The predicted octanol–water partition coefficient (Wildman–Crippen LogP) is 4.69. The summed E-state index contributed by atoms with van der Waals surface area (Å²) in [5.41, 5.74) is 9.16. The zero-order chi connectivity index (χ0) is 25.9. The van der Waals surface area contributed by atoms with Crippen molar-refractivity contribution in [3.63, 3.8) is 0 Å². The van der Waals surface area contributed by atoms with Crippen molar-refractivity contribution in [2.75, 3.05) is 6.54 Å². The number of nitro benzene ring substituents is 1. The quantitative estimate of drug-likeness (QED) is 0.0847. The monoisotopic (exact) mass is 517 g/mol. The van der Waals surface area contributed by atoms with Crippen molar-refractivity contribution in [2.45, 2.75) is 45.1 Å². The minimum atomic E-state index is -1.96. The summed E-state index contributed by atoms with van der Waals surface area (Å²) in [6.07, 6.45) is 1.63. The number of non-ortho nitro benzene ring substituents is 1. The number of benzene rings is 1. The number of hydrogen-bond donors (Lipinski definition) is 1. The van der Waals surface area contributed by atoms with Crippen LogP contribution >= 0.6 is 11.8 Å². The molecule has 0 aliphatic carbocycles. The van der Waals surface area contributed by atoms with Crippen molar-refractivity contribution in [2.24, 2.45) is 17.0 Å². The van der Waals surface area contributed by atoms with Gasteiger partial charge in [-0.25, -0.2) is 4.79 Å². The number of azide groups is 1. The molecule has 3 rings (SSSR count). The number of rotatable bonds is 11. The summed E-state index contributed by atoms with van der Waals surface area (Å²) in [4.78, 5) is 40.5. The van der Waals surface area contributed by atoms with E-state index in [1.165, 1.54) is 28.8 Å². The highest BCUT2D eigenvalue weighted by atomic mass is 32.2. The van der Waals surface area contributed by atoms with Crippen molar-refractivity contribution in [1.29, 1.82) is 0 Å². The van der Waals surface area contributed by atoms with E-state index >= 15 is 0 Å². The Bertz CT molecular complexity index is 1130. The second kappa shape index (κ2) is 10.6. The van der Waals surface area contributed by atoms with E-state index in [2.05, 4.69) is 10.0 Å². The van der Waals surface area contributed by atoms with Crippen molar-refractivity contribution in [1.82, 2.24) is 4.90 Å². The fourth-order valence-corrected chi connectivity index (χ4v) is 6.89. The molecule has 1 N–H and O–H groups in total. The molecule has 1 fully saturated rings. The van der Waals surface area contributed by atoms with E-state index in [1.54, 1.807) is 23.6 Å². The lowest BCUT2D eigenvalue weighted by atomic mass is 9.76. The Labute approximate surface area is 207 Å². The summed E-state index contributed by atoms with van der Waals surface area (Å²) in [6.45, 7) is 8.06. The first-order valence-corrected chi connectivity index (χ1v) is 15.3. The molecule has 2 aliphatic heterocycles. The molecule has 1 aromatic carbocycles. The Balaban J connectivity index is 1.98. The molecule has 1 unspecified atom stereocenters. The van der Waals surface area contributed by atoms with Crippen LogP contribution in [0.3, 0.4) is 0 Å². The highest BCUT2D eigenvalue weighted by Gasteiger charge is 2.61. The second-order valence-corrected chi connectivity index (χ2v) is 14.7. The Morgan fingerprint density at radius 3 is 2.60 bits per heavy atom. The van der Waals surface area contributed by atoms with E-state index in [0.29, 0.717) is 11.3 Å². The van der Waals surface area contributed by atoms with Crippen molar-refractivity contribution in [3.05, 3.63) is 72.5 Å². The van der Waals surface area contributed by atoms with Gasteiger partial charge in [0.15, 0.2) is 8.32 Å². The fourth-order valence-electron chi connectivity index (χ4n) is 4.60. The van der Waals surface area contributed by atoms with Crippen LogP contribution in [0.15, 0.2) is 51.5 Å². The zero-order valence-corrected chi connectivity index (χ0v) is 21.6. The molecule has 2 heterocycles. The number of thioether (sulfide) groups is 1. The number of nitro groups is 1. The highest BCUT2D eigenvalue weighted by Crippen LogP contribution is 2.52. The fraction of sp³-hybridized carbons (Fsp3) is 0.455. The summed E-state index contributed by atoms with van der Waals surface area (Å²) >= 11 is 1.18. The molecule has 1 amide bonds. The van der Waals surface area contributed by atoms with E-state index in [1.807, 2.05) is 26.6 Å². The van der Waals surface area contributed by atoms with Gasteiger partial charge in [-0.3, -0.25) is 14.9 Å². The topological polar surface area (TPSA) is 159 Å². The van der Waals surface area contributed by atoms with E-state index < -0.39 is 31.2 Å². The first-order valence-electron chi connectivity index (χ1n) is 11.0. The van der Waals surface area contributed by atoms with Crippen molar-refractivity contribution < 1.29 is 24.0 Å². The third kappa shape index (κ3) is 5.76. The molecule has 0 radical (unpaired) electrons. The van der Waals surface area contributed by atoms with Gasteiger partial charge in [-0.1, -0.05) is 23.3 Å². The zero-order valence-electron chi connectivity index (χ0n) is 19.8. The van der Waals surface area contributed by atoms with Gasteiger partial charge in [0.25, 0.3) is 5.69 Å². The Kier molecular flexibility index (Phi) is 8.06. The molecule has 186 valence electrons. The Morgan fingerprint density at radius 2 is 2.06 bits per heavy atom. The molecule has 0 bridgehead atoms. The van der Waals surface area contributed by atoms with Crippen LogP contribution in [0.1, 0.15) is 12.5 Å². The van der Waals surface area contributed by atoms with E-state index in [-0.39, 0.29) is 35.9 Å². The first-order chi connectivity index (χ1) is 16.5. The van der Waals surface area contributed by atoms with Gasteiger partial charge in [0.1, 0.15) is 5.70 Å². The average Bonchev–Trinajstić information content (AvgIpc) is 3.02. The van der Waals surface area contributed by atoms with Crippen LogP contribution in [0.25, 0.3) is 10.4 Å². The van der Waals surface area contributed by atoms with Crippen LogP contribution in [0.5, 0.6) is 0 Å². The van der Waals surface area contributed by atoms with Crippen LogP contribution in [0.4, 0.5) is 5.69 Å². The lowest BCUT2D eigenvalue weighted by molar-refractivity contribution is -0.384. The van der Waals surface area contributed by atoms with Crippen LogP contribution in [-0.4, -0.2) is 53.8 Å². The molecule has 2 aliphatic rings. The molecule has 0 saturated carbocycles. The molecular formula is C22H27N5O6SSi. The van der Waals surface area contributed by atoms with Crippen LogP contribution < -0.4 is 0 Å². The number of nitrogens with zero attached hydrogens (tertiary/aromatic N) is 5. The van der Waals surface area contributed by atoms with Crippen molar-refractivity contribution >= 4 is 37.6 Å². The van der Waals surface area contributed by atoms with Gasteiger partial charge in [0, 0.05) is 34.4 Å². The number of hydrogen-bond acceptors (Lipinski definition) is 7. The summed E-state index contributed by atoms with van der Waals surface area (Å²) in [6, 6.07) is 5.73. The molecule has 4 atom stereocenters. The van der Waals surface area contributed by atoms with E-state index in [4.69, 9.17) is 9.96 Å². The Morgan fingerprint density at radius 1 is 1.40 bits per heavy atom. The van der Waals surface area contributed by atoms with E-state index in [0.717, 1.165) is 5.56 Å². The number of fused-ring (bicyclic) bond motifs is 1. The predicted molar refractivity (Wildman–Crippen MR) is 134 cm³/mol. The second-order valence-electron chi connectivity index (χ2n) is 9.32. The molecule has 1 saturated heterocycles. The minimum absolute atomic E-state index is 0.0343. The number of β-lactam (4-membered cyclic amide) rings is 1. The molecular weight excluding hydrogens is 490 g/mol. The van der Waals surface area contributed by atoms with Gasteiger partial charge in [-0.2, -0.15) is 0 Å². The normalized spacial score (nSPS) is 22.6. The number of carbonyl (C=O) groups excluding carboxylic acids is 1. The Hall–Kier alpha value is -3.12. The summed E-state index contributed by atoms with van der Waals surface area (Å²) in [5, 5.41) is 26.1. The van der Waals surface area contributed by atoms with E-state index in [9.17, 15) is 24.8 Å². The number of carbonyl (C=O) groups is 2. The lowest BCUT2D eigenvalue weighted by Gasteiger charge is -2.49. The smallest absolute Gasteiger partial charge is 0.353 e. The number of carboxylic acid groups (broad SMARTS) is 1. The molecule has 1 aromatic rings. The largest absolute Gasteiger partial charge is 0.477 e. The molecule has 35 heavy (non-hydrogen) atoms. The highest BCUT2D eigenvalue weighted by molar-refractivity contribution is 8.05. The number of carboxylic acids is 1. The van der Waals surface area contributed by atoms with Gasteiger partial charge < -0.3 is 14.4 Å². The number of aliphatic carboxylic acids is 1. The summed E-state index contributed by atoms with van der Waals surface area (Å²) < 4.78 is 6.20. The maximum atomic E-state index is 13.2. The molecule has 11 nitrogen and oxygen atoms in total. The molecule has 0 aromatic heterocycles. The average molecular weight is 518 g/mol. The summed E-state index contributed by atoms with van der Waals surface area (Å²) in [5.74, 6) is -2.31. The van der Waals surface area contributed by atoms with Gasteiger partial charge in [-0.05, 0) is 49.5 Å². The summed E-state index contributed by atoms with van der Waals surface area (Å²) in [7, 11) is -1.96. The maximum Gasteiger partial charge on any atom is 0.353 e. The standard InChI is InChI=1S/C22H27N5O6SSi/c1-13(33-35(2,3)4)17-18-16(12-14-6-8-15(9-7-14)27(31)32)20(34-11-5-10-24-25-23)19(22(29)30)26(18)21(17)28/h5-9,11,13,16-18H,10,12H2,1-4H3,(H,29,30)/b11-5-/t13-,16?,17-,18-/m0/s1. The molecule has 0 spiro atoms. The minimum Gasteiger partial charge on any atom is -0.477 e. The third-order valence-corrected chi connectivity index (χ3v) is 7.96.